The normalized spacial score (nSPS) is 11.0. The first-order chi connectivity index (χ1) is 14.7. The van der Waals surface area contributed by atoms with Gasteiger partial charge < -0.3 is 14.5 Å². The molecule has 3 aromatic heterocycles. The molecule has 0 radical (unpaired) electrons. The Morgan fingerprint density at radius 3 is 2.77 bits per heavy atom. The number of benzene rings is 1. The molecule has 0 spiro atoms. The zero-order chi connectivity index (χ0) is 20.8. The lowest BCUT2D eigenvalue weighted by Crippen LogP contribution is -2.14. The Morgan fingerprint density at radius 2 is 2.07 bits per heavy atom. The third-order valence-electron chi connectivity index (χ3n) is 4.27. The van der Waals surface area contributed by atoms with E-state index in [1.807, 2.05) is 36.4 Å². The van der Waals surface area contributed by atoms with Gasteiger partial charge in [-0.2, -0.15) is 9.67 Å². The summed E-state index contributed by atoms with van der Waals surface area (Å²) in [4.78, 5) is 21.4. The number of nitrogens with zero attached hydrogens (tertiary/aromatic N) is 4. The van der Waals surface area contributed by atoms with Gasteiger partial charge in [0, 0.05) is 24.0 Å². The van der Waals surface area contributed by atoms with E-state index in [2.05, 4.69) is 20.4 Å². The first kappa shape index (κ1) is 19.1. The van der Waals surface area contributed by atoms with Crippen molar-refractivity contribution in [1.82, 2.24) is 19.7 Å². The summed E-state index contributed by atoms with van der Waals surface area (Å²) in [5.41, 5.74) is 1.58. The Kier molecular flexibility index (Phi) is 5.66. The molecule has 0 saturated heterocycles. The molecular weight excluding hydrogens is 382 g/mol. The van der Waals surface area contributed by atoms with E-state index in [9.17, 15) is 4.79 Å². The standard InChI is InChI=1S/C22H19N5O3/c1-29-18-9-6-16(7-10-18)8-11-20(28)27-22(24-15-19-5-3-13-30-19)25-21(26-27)17-4-2-12-23-14-17/h2-14H,15H2,1H3,(H,24,25,26). The van der Waals surface area contributed by atoms with Gasteiger partial charge in [-0.05, 0) is 48.0 Å². The number of carbonyl (C=O) groups is 1. The van der Waals surface area contributed by atoms with Crippen LogP contribution < -0.4 is 10.1 Å². The smallest absolute Gasteiger partial charge is 0.274 e. The fraction of sp³-hybridized carbons (Fsp3) is 0.0909. The van der Waals surface area contributed by atoms with Gasteiger partial charge in [-0.1, -0.05) is 12.1 Å². The molecule has 30 heavy (non-hydrogen) atoms. The zero-order valence-electron chi connectivity index (χ0n) is 16.2. The third kappa shape index (κ3) is 4.44. The lowest BCUT2D eigenvalue weighted by atomic mass is 10.2. The fourth-order valence-electron chi connectivity index (χ4n) is 2.73. The number of hydrogen-bond donors (Lipinski definition) is 1. The molecule has 0 aliphatic rings. The number of pyridine rings is 1. The molecule has 0 atom stereocenters. The number of aromatic nitrogens is 4. The summed E-state index contributed by atoms with van der Waals surface area (Å²) in [7, 11) is 1.61. The highest BCUT2D eigenvalue weighted by atomic mass is 16.5. The molecule has 0 fully saturated rings. The van der Waals surface area contributed by atoms with Crippen LogP contribution in [0.3, 0.4) is 0 Å². The van der Waals surface area contributed by atoms with Crippen LogP contribution >= 0.6 is 0 Å². The van der Waals surface area contributed by atoms with Crippen molar-refractivity contribution in [3.8, 4) is 17.1 Å². The van der Waals surface area contributed by atoms with Gasteiger partial charge in [-0.15, -0.1) is 5.10 Å². The number of anilines is 1. The largest absolute Gasteiger partial charge is 0.497 e. The number of allylic oxidation sites excluding steroid dienone is 1. The Bertz CT molecular complexity index is 1130. The minimum absolute atomic E-state index is 0.314. The minimum atomic E-state index is -0.338. The third-order valence-corrected chi connectivity index (χ3v) is 4.27. The molecule has 4 aromatic rings. The van der Waals surface area contributed by atoms with Crippen LogP contribution in [0.4, 0.5) is 5.95 Å². The summed E-state index contributed by atoms with van der Waals surface area (Å²) in [6, 6.07) is 14.6. The number of furan rings is 1. The molecule has 8 heteroatoms. The van der Waals surface area contributed by atoms with Crippen molar-refractivity contribution < 1.29 is 13.9 Å². The second kappa shape index (κ2) is 8.87. The number of rotatable bonds is 7. The molecule has 0 saturated carbocycles. The highest BCUT2D eigenvalue weighted by Gasteiger charge is 2.16. The SMILES string of the molecule is COc1ccc(C=CC(=O)n2nc(-c3cccnc3)nc2NCc2ccco2)cc1. The topological polar surface area (TPSA) is 95.1 Å². The van der Waals surface area contributed by atoms with Gasteiger partial charge in [-0.3, -0.25) is 9.78 Å². The summed E-state index contributed by atoms with van der Waals surface area (Å²) < 4.78 is 11.7. The Labute approximate surface area is 172 Å². The van der Waals surface area contributed by atoms with Crippen LogP contribution in [0.25, 0.3) is 17.5 Å². The Morgan fingerprint density at radius 1 is 1.20 bits per heavy atom. The molecule has 0 unspecified atom stereocenters. The second-order valence-corrected chi connectivity index (χ2v) is 6.29. The maximum Gasteiger partial charge on any atom is 0.274 e. The predicted molar refractivity (Wildman–Crippen MR) is 112 cm³/mol. The molecule has 0 bridgehead atoms. The van der Waals surface area contributed by atoms with E-state index in [-0.39, 0.29) is 5.91 Å². The number of ether oxygens (including phenoxy) is 1. The van der Waals surface area contributed by atoms with E-state index < -0.39 is 0 Å². The molecule has 1 aromatic carbocycles. The molecule has 1 N–H and O–H groups in total. The lowest BCUT2D eigenvalue weighted by molar-refractivity contribution is 0.0957. The Balaban J connectivity index is 1.59. The maximum atomic E-state index is 12.8. The first-order valence-electron chi connectivity index (χ1n) is 9.23. The zero-order valence-corrected chi connectivity index (χ0v) is 16.2. The van der Waals surface area contributed by atoms with E-state index >= 15 is 0 Å². The van der Waals surface area contributed by atoms with Crippen LogP contribution in [0.15, 0.2) is 77.7 Å². The summed E-state index contributed by atoms with van der Waals surface area (Å²) in [5.74, 6) is 1.84. The van der Waals surface area contributed by atoms with Gasteiger partial charge in [0.1, 0.15) is 11.5 Å². The van der Waals surface area contributed by atoms with Crippen LogP contribution in [0.1, 0.15) is 16.1 Å². The molecule has 3 heterocycles. The molecule has 150 valence electrons. The lowest BCUT2D eigenvalue weighted by Gasteiger charge is -2.04. The number of hydrogen-bond acceptors (Lipinski definition) is 7. The highest BCUT2D eigenvalue weighted by molar-refractivity contribution is 5.94. The predicted octanol–water partition coefficient (Wildman–Crippen LogP) is 3.91. The van der Waals surface area contributed by atoms with Gasteiger partial charge >= 0.3 is 0 Å². The van der Waals surface area contributed by atoms with E-state index in [1.54, 1.807) is 44.0 Å². The average molecular weight is 401 g/mol. The fourth-order valence-corrected chi connectivity index (χ4v) is 2.73. The molecule has 0 aliphatic carbocycles. The minimum Gasteiger partial charge on any atom is -0.497 e. The van der Waals surface area contributed by atoms with Crippen LogP contribution in [0.5, 0.6) is 5.75 Å². The summed E-state index contributed by atoms with van der Waals surface area (Å²) in [6.45, 7) is 0.369. The van der Waals surface area contributed by atoms with Gasteiger partial charge in [0.15, 0.2) is 5.82 Å². The quantitative estimate of drug-likeness (QED) is 0.469. The number of nitrogens with one attached hydrogen (secondary N) is 1. The van der Waals surface area contributed by atoms with Crippen molar-refractivity contribution in [2.75, 3.05) is 12.4 Å². The summed E-state index contributed by atoms with van der Waals surface area (Å²) >= 11 is 0. The van der Waals surface area contributed by atoms with Crippen molar-refractivity contribution in [3.05, 3.63) is 84.6 Å². The van der Waals surface area contributed by atoms with Crippen molar-refractivity contribution in [2.45, 2.75) is 6.54 Å². The van der Waals surface area contributed by atoms with E-state index in [4.69, 9.17) is 9.15 Å². The summed E-state index contributed by atoms with van der Waals surface area (Å²) in [5, 5.41) is 7.48. The van der Waals surface area contributed by atoms with Crippen LogP contribution in [0.2, 0.25) is 0 Å². The average Bonchev–Trinajstić information content (AvgIpc) is 3.47. The Hall–Kier alpha value is -4.20. The molecule has 8 nitrogen and oxygen atoms in total. The van der Waals surface area contributed by atoms with Crippen LogP contribution in [-0.4, -0.2) is 32.8 Å². The second-order valence-electron chi connectivity index (χ2n) is 6.29. The van der Waals surface area contributed by atoms with Gasteiger partial charge in [0.2, 0.25) is 5.95 Å². The molecule has 0 aliphatic heterocycles. The van der Waals surface area contributed by atoms with E-state index in [0.29, 0.717) is 29.6 Å². The van der Waals surface area contributed by atoms with Crippen molar-refractivity contribution in [2.24, 2.45) is 0 Å². The monoisotopic (exact) mass is 401 g/mol. The number of methoxy groups -OCH3 is 1. The number of carbonyl (C=O) groups excluding carboxylic acids is 1. The summed E-state index contributed by atoms with van der Waals surface area (Å²) in [6.07, 6.45) is 8.06. The molecule has 4 rings (SSSR count). The maximum absolute atomic E-state index is 12.8. The van der Waals surface area contributed by atoms with Gasteiger partial charge in [-0.25, -0.2) is 0 Å². The highest BCUT2D eigenvalue weighted by Crippen LogP contribution is 2.18. The molecular formula is C22H19N5O3. The van der Waals surface area contributed by atoms with Crippen molar-refractivity contribution in [3.63, 3.8) is 0 Å². The van der Waals surface area contributed by atoms with Crippen molar-refractivity contribution in [1.29, 1.82) is 0 Å². The molecule has 0 amide bonds. The van der Waals surface area contributed by atoms with Crippen LogP contribution in [0, 0.1) is 0 Å². The van der Waals surface area contributed by atoms with E-state index in [1.165, 1.54) is 10.8 Å². The first-order valence-corrected chi connectivity index (χ1v) is 9.23. The van der Waals surface area contributed by atoms with Crippen LogP contribution in [-0.2, 0) is 6.54 Å². The van der Waals surface area contributed by atoms with Gasteiger partial charge in [0.25, 0.3) is 5.91 Å². The van der Waals surface area contributed by atoms with E-state index in [0.717, 1.165) is 11.3 Å². The van der Waals surface area contributed by atoms with Crippen molar-refractivity contribution >= 4 is 17.9 Å². The van der Waals surface area contributed by atoms with Gasteiger partial charge in [0.05, 0.1) is 19.9 Å².